The molecule has 0 atom stereocenters. The van der Waals surface area contributed by atoms with Gasteiger partial charge >= 0.3 is 0 Å². The SMILES string of the molecule is Cc1nc(CCNCC2(CO)CCCCC2)no1. The summed E-state index contributed by atoms with van der Waals surface area (Å²) in [6.07, 6.45) is 6.84. The maximum Gasteiger partial charge on any atom is 0.223 e. The van der Waals surface area contributed by atoms with Gasteiger partial charge in [0.1, 0.15) is 0 Å². The molecule has 1 heterocycles. The van der Waals surface area contributed by atoms with Crippen LogP contribution in [0.1, 0.15) is 43.8 Å². The van der Waals surface area contributed by atoms with Crippen molar-refractivity contribution in [1.82, 2.24) is 15.5 Å². The normalized spacial score (nSPS) is 19.0. The van der Waals surface area contributed by atoms with Crippen molar-refractivity contribution in [2.45, 2.75) is 45.4 Å². The highest BCUT2D eigenvalue weighted by Gasteiger charge is 2.30. The van der Waals surface area contributed by atoms with Gasteiger partial charge in [0, 0.05) is 38.5 Å². The Kier molecular flexibility index (Phi) is 4.72. The number of aliphatic hydroxyl groups excluding tert-OH is 1. The molecule has 18 heavy (non-hydrogen) atoms. The smallest absolute Gasteiger partial charge is 0.223 e. The van der Waals surface area contributed by atoms with E-state index in [4.69, 9.17) is 4.52 Å². The van der Waals surface area contributed by atoms with Crippen LogP contribution in [0.3, 0.4) is 0 Å². The van der Waals surface area contributed by atoms with Crippen molar-refractivity contribution in [3.63, 3.8) is 0 Å². The molecule has 0 aromatic carbocycles. The third-order valence-electron chi connectivity index (χ3n) is 3.84. The maximum atomic E-state index is 9.58. The van der Waals surface area contributed by atoms with Gasteiger partial charge < -0.3 is 14.9 Å². The van der Waals surface area contributed by atoms with E-state index in [0.717, 1.165) is 38.2 Å². The zero-order valence-corrected chi connectivity index (χ0v) is 11.1. The van der Waals surface area contributed by atoms with Gasteiger partial charge in [-0.1, -0.05) is 24.4 Å². The summed E-state index contributed by atoms with van der Waals surface area (Å²) in [4.78, 5) is 4.17. The standard InChI is InChI=1S/C13H23N3O2/c1-11-15-12(16-18-11)5-8-14-9-13(10-17)6-3-2-4-7-13/h14,17H,2-10H2,1H3. The molecule has 0 amide bonds. The van der Waals surface area contributed by atoms with Crippen LogP contribution in [0.2, 0.25) is 0 Å². The van der Waals surface area contributed by atoms with Crippen molar-refractivity contribution in [3.8, 4) is 0 Å². The van der Waals surface area contributed by atoms with Crippen molar-refractivity contribution in [3.05, 3.63) is 11.7 Å². The van der Waals surface area contributed by atoms with Crippen molar-refractivity contribution in [2.24, 2.45) is 5.41 Å². The Morgan fingerprint density at radius 1 is 1.33 bits per heavy atom. The Hall–Kier alpha value is -0.940. The zero-order valence-electron chi connectivity index (χ0n) is 11.1. The second kappa shape index (κ2) is 6.29. The fourth-order valence-corrected chi connectivity index (χ4v) is 2.69. The average molecular weight is 253 g/mol. The van der Waals surface area contributed by atoms with Gasteiger partial charge in [-0.3, -0.25) is 0 Å². The van der Waals surface area contributed by atoms with Gasteiger partial charge in [-0.05, 0) is 12.8 Å². The van der Waals surface area contributed by atoms with E-state index >= 15 is 0 Å². The highest BCUT2D eigenvalue weighted by atomic mass is 16.5. The Bertz CT molecular complexity index is 359. The van der Waals surface area contributed by atoms with Gasteiger partial charge in [-0.15, -0.1) is 0 Å². The lowest BCUT2D eigenvalue weighted by Crippen LogP contribution is -2.39. The van der Waals surface area contributed by atoms with Crippen molar-refractivity contribution >= 4 is 0 Å². The second-order valence-corrected chi connectivity index (χ2v) is 5.38. The molecule has 0 bridgehead atoms. The Labute approximate surface area is 108 Å². The minimum absolute atomic E-state index is 0.103. The molecular formula is C13H23N3O2. The topological polar surface area (TPSA) is 71.2 Å². The molecule has 1 aliphatic rings. The van der Waals surface area contributed by atoms with Crippen LogP contribution in [0.4, 0.5) is 0 Å². The van der Waals surface area contributed by atoms with E-state index in [1.54, 1.807) is 6.92 Å². The third kappa shape index (κ3) is 3.53. The molecule has 102 valence electrons. The number of aliphatic hydroxyl groups is 1. The number of hydrogen-bond donors (Lipinski definition) is 2. The Balaban J connectivity index is 1.70. The van der Waals surface area contributed by atoms with E-state index in [1.807, 2.05) is 0 Å². The quantitative estimate of drug-likeness (QED) is 0.751. The molecule has 0 radical (unpaired) electrons. The van der Waals surface area contributed by atoms with E-state index < -0.39 is 0 Å². The molecule has 5 nitrogen and oxygen atoms in total. The number of rotatable bonds is 6. The van der Waals surface area contributed by atoms with Crippen LogP contribution in [0.15, 0.2) is 4.52 Å². The van der Waals surface area contributed by atoms with E-state index in [9.17, 15) is 5.11 Å². The molecule has 0 unspecified atom stereocenters. The summed E-state index contributed by atoms with van der Waals surface area (Å²) in [5.74, 6) is 1.37. The third-order valence-corrected chi connectivity index (χ3v) is 3.84. The summed E-state index contributed by atoms with van der Waals surface area (Å²) in [6, 6.07) is 0. The average Bonchev–Trinajstić information content (AvgIpc) is 2.82. The van der Waals surface area contributed by atoms with Gasteiger partial charge in [0.25, 0.3) is 0 Å². The van der Waals surface area contributed by atoms with Gasteiger partial charge in [-0.2, -0.15) is 4.98 Å². The van der Waals surface area contributed by atoms with Crippen LogP contribution in [-0.2, 0) is 6.42 Å². The van der Waals surface area contributed by atoms with Crippen LogP contribution in [-0.4, -0.2) is 34.9 Å². The molecule has 1 saturated carbocycles. The molecule has 1 aromatic rings. The zero-order chi connectivity index (χ0) is 12.8. The van der Waals surface area contributed by atoms with Crippen LogP contribution < -0.4 is 5.32 Å². The molecular weight excluding hydrogens is 230 g/mol. The van der Waals surface area contributed by atoms with Gasteiger partial charge in [0.15, 0.2) is 5.82 Å². The largest absolute Gasteiger partial charge is 0.396 e. The molecule has 2 rings (SSSR count). The Morgan fingerprint density at radius 3 is 2.72 bits per heavy atom. The van der Waals surface area contributed by atoms with Gasteiger partial charge in [0.05, 0.1) is 0 Å². The number of nitrogens with one attached hydrogen (secondary N) is 1. The predicted molar refractivity (Wildman–Crippen MR) is 68.2 cm³/mol. The van der Waals surface area contributed by atoms with E-state index in [0.29, 0.717) is 12.5 Å². The van der Waals surface area contributed by atoms with Crippen LogP contribution in [0.5, 0.6) is 0 Å². The molecule has 2 N–H and O–H groups in total. The first-order chi connectivity index (χ1) is 8.74. The monoisotopic (exact) mass is 253 g/mol. The predicted octanol–water partition coefficient (Wildman–Crippen LogP) is 1.45. The highest BCUT2D eigenvalue weighted by molar-refractivity contribution is 4.87. The van der Waals surface area contributed by atoms with E-state index in [-0.39, 0.29) is 5.41 Å². The lowest BCUT2D eigenvalue weighted by Gasteiger charge is -2.35. The van der Waals surface area contributed by atoms with Crippen LogP contribution in [0.25, 0.3) is 0 Å². The Morgan fingerprint density at radius 2 is 2.11 bits per heavy atom. The minimum atomic E-state index is 0.103. The number of hydrogen-bond acceptors (Lipinski definition) is 5. The molecule has 1 aliphatic carbocycles. The maximum absolute atomic E-state index is 9.58. The first-order valence-electron chi connectivity index (χ1n) is 6.85. The summed E-state index contributed by atoms with van der Waals surface area (Å²) < 4.78 is 4.92. The molecule has 0 aliphatic heterocycles. The fourth-order valence-electron chi connectivity index (χ4n) is 2.69. The van der Waals surface area contributed by atoms with E-state index in [1.165, 1.54) is 19.3 Å². The molecule has 0 saturated heterocycles. The minimum Gasteiger partial charge on any atom is -0.396 e. The van der Waals surface area contributed by atoms with Crippen LogP contribution in [0, 0.1) is 12.3 Å². The highest BCUT2D eigenvalue weighted by Crippen LogP contribution is 2.35. The lowest BCUT2D eigenvalue weighted by molar-refractivity contribution is 0.0816. The number of aryl methyl sites for hydroxylation is 1. The van der Waals surface area contributed by atoms with Crippen LogP contribution >= 0.6 is 0 Å². The summed E-state index contributed by atoms with van der Waals surface area (Å²) in [6.45, 7) is 3.81. The van der Waals surface area contributed by atoms with Gasteiger partial charge in [0.2, 0.25) is 5.89 Å². The van der Waals surface area contributed by atoms with E-state index in [2.05, 4.69) is 15.5 Å². The molecule has 1 fully saturated rings. The summed E-state index contributed by atoms with van der Waals surface area (Å²) in [5.41, 5.74) is 0.103. The molecule has 5 heteroatoms. The van der Waals surface area contributed by atoms with Crippen molar-refractivity contribution < 1.29 is 9.63 Å². The second-order valence-electron chi connectivity index (χ2n) is 5.38. The number of aromatic nitrogens is 2. The van der Waals surface area contributed by atoms with Crippen molar-refractivity contribution in [2.75, 3.05) is 19.7 Å². The van der Waals surface area contributed by atoms with Gasteiger partial charge in [-0.25, -0.2) is 0 Å². The first kappa shape index (κ1) is 13.5. The summed E-state index contributed by atoms with van der Waals surface area (Å²) in [7, 11) is 0. The molecule has 1 aromatic heterocycles. The van der Waals surface area contributed by atoms with Crippen molar-refractivity contribution in [1.29, 1.82) is 0 Å². The summed E-state index contributed by atoms with van der Waals surface area (Å²) in [5, 5.41) is 16.9. The summed E-state index contributed by atoms with van der Waals surface area (Å²) >= 11 is 0. The number of nitrogens with zero attached hydrogens (tertiary/aromatic N) is 2. The first-order valence-corrected chi connectivity index (χ1v) is 6.85. The molecule has 0 spiro atoms. The fraction of sp³-hybridized carbons (Fsp3) is 0.846. The lowest BCUT2D eigenvalue weighted by atomic mass is 9.74.